The molecule has 0 atom stereocenters. The fourth-order valence-corrected chi connectivity index (χ4v) is 4.51. The Hall–Kier alpha value is -3.71. The lowest BCUT2D eigenvalue weighted by Crippen LogP contribution is -2.30. The zero-order chi connectivity index (χ0) is 23.8. The molecule has 0 radical (unpaired) electrons. The minimum absolute atomic E-state index is 0.0760. The Labute approximate surface area is 204 Å². The Bertz CT molecular complexity index is 1440. The van der Waals surface area contributed by atoms with Gasteiger partial charge in [-0.15, -0.1) is 0 Å². The second kappa shape index (κ2) is 8.91. The first-order valence-corrected chi connectivity index (χ1v) is 11.6. The Morgan fingerprint density at radius 3 is 2.29 bits per heavy atom. The number of carbonyl (C=O) groups is 2. The molecule has 5 rings (SSSR count). The lowest BCUT2D eigenvalue weighted by molar-refractivity contribution is -0.123. The van der Waals surface area contributed by atoms with Gasteiger partial charge < -0.3 is 9.88 Å². The van der Waals surface area contributed by atoms with E-state index in [0.29, 0.717) is 12.1 Å². The largest absolute Gasteiger partial charge is 0.340 e. The molecule has 1 aliphatic rings. The van der Waals surface area contributed by atoms with Gasteiger partial charge in [-0.2, -0.15) is 0 Å². The van der Waals surface area contributed by atoms with Crippen molar-refractivity contribution in [3.05, 3.63) is 111 Å². The molecule has 0 spiro atoms. The number of fused-ring (bicyclic) bond motifs is 1. The molecule has 170 valence electrons. The van der Waals surface area contributed by atoms with E-state index in [0.717, 1.165) is 37.1 Å². The zero-order valence-corrected chi connectivity index (χ0v) is 20.0. The van der Waals surface area contributed by atoms with Crippen LogP contribution in [0, 0.1) is 12.7 Å². The topological polar surface area (TPSA) is 54.3 Å². The Morgan fingerprint density at radius 1 is 0.912 bits per heavy atom. The predicted octanol–water partition coefficient (Wildman–Crippen LogP) is 5.99. The van der Waals surface area contributed by atoms with Crippen LogP contribution in [-0.2, 0) is 17.9 Å². The van der Waals surface area contributed by atoms with Crippen molar-refractivity contribution >= 4 is 44.8 Å². The summed E-state index contributed by atoms with van der Waals surface area (Å²) in [5.74, 6) is -0.769. The maximum atomic E-state index is 13.2. The van der Waals surface area contributed by atoms with Crippen LogP contribution in [-0.4, -0.2) is 21.4 Å². The van der Waals surface area contributed by atoms with Crippen molar-refractivity contribution in [3.8, 4) is 0 Å². The van der Waals surface area contributed by atoms with Crippen LogP contribution in [0.3, 0.4) is 0 Å². The van der Waals surface area contributed by atoms with Crippen molar-refractivity contribution in [1.82, 2.24) is 14.8 Å². The normalized spacial score (nSPS) is 14.9. The maximum absolute atomic E-state index is 13.2. The molecule has 1 N–H and O–H groups in total. The SMILES string of the molecule is Cc1c(/C=C2/NC(=O)N(Cc3ccc(F)cc3)C2=O)c2ccccc2n1Cc1ccc(Br)cc1. The molecule has 1 aromatic heterocycles. The molecule has 5 nitrogen and oxygen atoms in total. The summed E-state index contributed by atoms with van der Waals surface area (Å²) in [4.78, 5) is 26.7. The predicted molar refractivity (Wildman–Crippen MR) is 133 cm³/mol. The number of carbonyl (C=O) groups excluding carboxylic acids is 2. The third kappa shape index (κ3) is 4.15. The molecule has 1 aliphatic heterocycles. The second-order valence-electron chi connectivity index (χ2n) is 8.23. The van der Waals surface area contributed by atoms with E-state index in [4.69, 9.17) is 0 Å². The van der Waals surface area contributed by atoms with Gasteiger partial charge in [0.25, 0.3) is 5.91 Å². The Balaban J connectivity index is 1.49. The summed E-state index contributed by atoms with van der Waals surface area (Å²) in [7, 11) is 0. The number of hydrogen-bond donors (Lipinski definition) is 1. The van der Waals surface area contributed by atoms with Gasteiger partial charge in [-0.25, -0.2) is 9.18 Å². The van der Waals surface area contributed by atoms with Gasteiger partial charge >= 0.3 is 6.03 Å². The van der Waals surface area contributed by atoms with Crippen molar-refractivity contribution in [1.29, 1.82) is 0 Å². The molecule has 3 amide bonds. The van der Waals surface area contributed by atoms with Crippen LogP contribution in [0.25, 0.3) is 17.0 Å². The summed E-state index contributed by atoms with van der Waals surface area (Å²) in [6.45, 7) is 2.77. The summed E-state index contributed by atoms with van der Waals surface area (Å²) in [6, 6.07) is 21.5. The molecule has 3 aromatic carbocycles. The van der Waals surface area contributed by atoms with Crippen molar-refractivity contribution in [2.24, 2.45) is 0 Å². The number of nitrogens with zero attached hydrogens (tertiary/aromatic N) is 2. The highest BCUT2D eigenvalue weighted by Crippen LogP contribution is 2.30. The van der Waals surface area contributed by atoms with Gasteiger partial charge in [0.2, 0.25) is 0 Å². The molecule has 34 heavy (non-hydrogen) atoms. The van der Waals surface area contributed by atoms with Gasteiger partial charge in [0.15, 0.2) is 0 Å². The molecule has 0 saturated carbocycles. The molecule has 0 unspecified atom stereocenters. The van der Waals surface area contributed by atoms with Gasteiger partial charge in [-0.3, -0.25) is 9.69 Å². The van der Waals surface area contributed by atoms with Crippen molar-refractivity contribution in [3.63, 3.8) is 0 Å². The van der Waals surface area contributed by atoms with E-state index in [2.05, 4.69) is 44.0 Å². The molecule has 1 saturated heterocycles. The lowest BCUT2D eigenvalue weighted by atomic mass is 10.1. The zero-order valence-electron chi connectivity index (χ0n) is 18.4. The Morgan fingerprint density at radius 2 is 1.56 bits per heavy atom. The highest BCUT2D eigenvalue weighted by molar-refractivity contribution is 9.10. The number of nitrogens with one attached hydrogen (secondary N) is 1. The average molecular weight is 518 g/mol. The number of rotatable bonds is 5. The van der Waals surface area contributed by atoms with Crippen LogP contribution in [0.1, 0.15) is 22.4 Å². The minimum atomic E-state index is -0.489. The minimum Gasteiger partial charge on any atom is -0.340 e. The monoisotopic (exact) mass is 517 g/mol. The third-order valence-electron chi connectivity index (χ3n) is 6.04. The van der Waals surface area contributed by atoms with E-state index in [-0.39, 0.29) is 18.1 Å². The first kappa shape index (κ1) is 22.1. The van der Waals surface area contributed by atoms with Crippen LogP contribution < -0.4 is 5.32 Å². The van der Waals surface area contributed by atoms with Crippen LogP contribution in [0.5, 0.6) is 0 Å². The van der Waals surface area contributed by atoms with Crippen LogP contribution in [0.15, 0.2) is 83.0 Å². The van der Waals surface area contributed by atoms with Crippen molar-refractivity contribution < 1.29 is 14.0 Å². The Kier molecular flexibility index (Phi) is 5.79. The molecular weight excluding hydrogens is 497 g/mol. The van der Waals surface area contributed by atoms with E-state index in [1.54, 1.807) is 18.2 Å². The molecule has 0 bridgehead atoms. The molecule has 0 aliphatic carbocycles. The van der Waals surface area contributed by atoms with E-state index in [1.165, 1.54) is 12.1 Å². The van der Waals surface area contributed by atoms with E-state index < -0.39 is 11.9 Å². The smallest absolute Gasteiger partial charge is 0.329 e. The fraction of sp³-hybridized carbons (Fsp3) is 0.111. The number of benzene rings is 3. The first-order valence-electron chi connectivity index (χ1n) is 10.8. The molecule has 7 heteroatoms. The van der Waals surface area contributed by atoms with Gasteiger partial charge in [0, 0.05) is 33.2 Å². The standard InChI is InChI=1S/C27H21BrFN3O2/c1-17-23(14-24-26(33)32(27(34)30-24)16-19-8-12-21(29)13-9-19)22-4-2-3-5-25(22)31(17)15-18-6-10-20(28)11-7-18/h2-14H,15-16H2,1H3,(H,30,34)/b24-14+. The highest BCUT2D eigenvalue weighted by Gasteiger charge is 2.34. The number of imide groups is 1. The maximum Gasteiger partial charge on any atom is 0.329 e. The number of urea groups is 1. The summed E-state index contributed by atoms with van der Waals surface area (Å²) in [6.07, 6.45) is 1.75. The van der Waals surface area contributed by atoms with Gasteiger partial charge in [-0.05, 0) is 54.5 Å². The number of aromatic nitrogens is 1. The first-order chi connectivity index (χ1) is 16.4. The summed E-state index contributed by atoms with van der Waals surface area (Å²) < 4.78 is 16.4. The quantitative estimate of drug-likeness (QED) is 0.261. The van der Waals surface area contributed by atoms with Crippen LogP contribution >= 0.6 is 15.9 Å². The number of halogens is 2. The second-order valence-corrected chi connectivity index (χ2v) is 9.15. The fourth-order valence-electron chi connectivity index (χ4n) is 4.25. The molecule has 4 aromatic rings. The number of amides is 3. The van der Waals surface area contributed by atoms with Gasteiger partial charge in [0.1, 0.15) is 11.5 Å². The van der Waals surface area contributed by atoms with E-state index in [9.17, 15) is 14.0 Å². The lowest BCUT2D eigenvalue weighted by Gasteiger charge is -2.11. The van der Waals surface area contributed by atoms with Gasteiger partial charge in [-0.1, -0.05) is 58.4 Å². The molecular formula is C27H21BrFN3O2. The average Bonchev–Trinajstić information content (AvgIpc) is 3.25. The molecule has 1 fully saturated rings. The summed E-state index contributed by atoms with van der Waals surface area (Å²) in [5.41, 5.74) is 4.99. The molecule has 2 heterocycles. The third-order valence-corrected chi connectivity index (χ3v) is 6.57. The summed E-state index contributed by atoms with van der Waals surface area (Å²) >= 11 is 3.48. The van der Waals surface area contributed by atoms with Crippen molar-refractivity contribution in [2.45, 2.75) is 20.0 Å². The van der Waals surface area contributed by atoms with Gasteiger partial charge in [0.05, 0.1) is 6.54 Å². The highest BCUT2D eigenvalue weighted by atomic mass is 79.9. The number of para-hydroxylation sites is 1. The van der Waals surface area contributed by atoms with E-state index >= 15 is 0 Å². The van der Waals surface area contributed by atoms with E-state index in [1.807, 2.05) is 37.3 Å². The van der Waals surface area contributed by atoms with Crippen molar-refractivity contribution in [2.75, 3.05) is 0 Å². The summed E-state index contributed by atoms with van der Waals surface area (Å²) in [5, 5.41) is 3.70. The van der Waals surface area contributed by atoms with Crippen LogP contribution in [0.4, 0.5) is 9.18 Å². The number of hydrogen-bond acceptors (Lipinski definition) is 2. The van der Waals surface area contributed by atoms with Crippen LogP contribution in [0.2, 0.25) is 0 Å².